The number of rotatable bonds is 4. The molecule has 12 heteroatoms. The first-order valence-corrected chi connectivity index (χ1v) is 12.1. The molecule has 3 amide bonds. The third kappa shape index (κ3) is 4.13. The van der Waals surface area contributed by atoms with Crippen LogP contribution in [0.1, 0.15) is 42.5 Å². The van der Waals surface area contributed by atoms with Crippen LogP contribution in [-0.2, 0) is 34.0 Å². The van der Waals surface area contributed by atoms with E-state index in [4.69, 9.17) is 9.15 Å². The van der Waals surface area contributed by atoms with Crippen molar-refractivity contribution in [2.75, 3.05) is 18.1 Å². The molecule has 1 aromatic heterocycles. The Morgan fingerprint density at radius 3 is 2.63 bits per heavy atom. The van der Waals surface area contributed by atoms with Gasteiger partial charge in [-0.3, -0.25) is 24.0 Å². The topological polar surface area (TPSA) is 102 Å². The number of nitrogens with zero attached hydrogens (tertiary/aromatic N) is 3. The number of urea groups is 1. The number of imide groups is 1. The Labute approximate surface area is 214 Å². The normalized spacial score (nSPS) is 20.1. The smallest absolute Gasteiger partial charge is 0.419 e. The molecule has 2 aromatic carbocycles. The molecule has 1 aliphatic heterocycles. The predicted molar refractivity (Wildman–Crippen MR) is 128 cm³/mol. The second-order valence-corrected chi connectivity index (χ2v) is 9.26. The molecule has 2 atom stereocenters. The van der Waals surface area contributed by atoms with Crippen LogP contribution in [0.15, 0.2) is 45.6 Å². The van der Waals surface area contributed by atoms with E-state index in [0.29, 0.717) is 11.9 Å². The van der Waals surface area contributed by atoms with Crippen molar-refractivity contribution < 1.29 is 36.7 Å². The van der Waals surface area contributed by atoms with Gasteiger partial charge in [0.05, 0.1) is 30.3 Å². The predicted octanol–water partition coefficient (Wildman–Crippen LogP) is 4.18. The Hall–Kier alpha value is -4.09. The third-order valence-corrected chi connectivity index (χ3v) is 7.09. The highest BCUT2D eigenvalue weighted by Gasteiger charge is 2.48. The average molecular weight is 531 g/mol. The molecule has 2 heterocycles. The zero-order valence-corrected chi connectivity index (χ0v) is 20.6. The number of aromatic nitrogens is 1. The molecule has 1 fully saturated rings. The van der Waals surface area contributed by atoms with E-state index in [0.717, 1.165) is 11.0 Å². The van der Waals surface area contributed by atoms with E-state index in [9.17, 15) is 32.3 Å². The maximum atomic E-state index is 13.8. The van der Waals surface area contributed by atoms with Gasteiger partial charge in [-0.1, -0.05) is 12.1 Å². The molecular weight excluding hydrogens is 507 g/mol. The van der Waals surface area contributed by atoms with Crippen molar-refractivity contribution in [1.29, 1.82) is 0 Å². The van der Waals surface area contributed by atoms with Crippen molar-refractivity contribution in [1.82, 2.24) is 9.47 Å². The van der Waals surface area contributed by atoms with Gasteiger partial charge in [0.15, 0.2) is 11.5 Å². The van der Waals surface area contributed by atoms with Crippen LogP contribution in [-0.4, -0.2) is 40.5 Å². The Morgan fingerprint density at radius 2 is 1.92 bits per heavy atom. The lowest BCUT2D eigenvalue weighted by Crippen LogP contribution is -2.60. The number of anilines is 1. The Kier molecular flexibility index (Phi) is 6.28. The van der Waals surface area contributed by atoms with Crippen molar-refractivity contribution >= 4 is 34.7 Å². The molecule has 1 aliphatic carbocycles. The number of amides is 3. The first kappa shape index (κ1) is 25.6. The van der Waals surface area contributed by atoms with Crippen LogP contribution in [0.25, 0.3) is 11.1 Å². The minimum atomic E-state index is -4.60. The third-order valence-electron chi connectivity index (χ3n) is 7.09. The molecule has 2 unspecified atom stereocenters. The van der Waals surface area contributed by atoms with Gasteiger partial charge in [-0.05, 0) is 55.5 Å². The van der Waals surface area contributed by atoms with Crippen LogP contribution in [0, 0.1) is 5.92 Å². The summed E-state index contributed by atoms with van der Waals surface area (Å²) < 4.78 is 52.8. The minimum Gasteiger partial charge on any atom is -0.465 e. The Bertz CT molecular complexity index is 1510. The molecule has 0 saturated carbocycles. The first-order valence-electron chi connectivity index (χ1n) is 12.1. The summed E-state index contributed by atoms with van der Waals surface area (Å²) in [5.41, 5.74) is 0.371. The number of fused-ring (bicyclic) bond motifs is 2. The minimum absolute atomic E-state index is 0.00110. The molecule has 200 valence electrons. The molecule has 9 nitrogen and oxygen atoms in total. The van der Waals surface area contributed by atoms with E-state index in [1.54, 1.807) is 19.1 Å². The Balaban J connectivity index is 1.61. The average Bonchev–Trinajstić information content (AvgIpc) is 3.16. The number of aryl methyl sites for hydroxylation is 1. The van der Waals surface area contributed by atoms with E-state index in [1.165, 1.54) is 34.7 Å². The van der Waals surface area contributed by atoms with Gasteiger partial charge < -0.3 is 9.15 Å². The largest absolute Gasteiger partial charge is 0.465 e. The van der Waals surface area contributed by atoms with Crippen LogP contribution in [0.3, 0.4) is 0 Å². The molecule has 5 rings (SSSR count). The lowest BCUT2D eigenvalue weighted by Gasteiger charge is -2.43. The van der Waals surface area contributed by atoms with Gasteiger partial charge in [0.1, 0.15) is 0 Å². The molecule has 1 saturated heterocycles. The second kappa shape index (κ2) is 9.34. The lowest BCUT2D eigenvalue weighted by atomic mass is 9.83. The number of halogens is 3. The summed E-state index contributed by atoms with van der Waals surface area (Å²) in [6.45, 7) is 1.24. The molecule has 38 heavy (non-hydrogen) atoms. The van der Waals surface area contributed by atoms with E-state index in [2.05, 4.69) is 0 Å². The molecule has 2 aliphatic rings. The fourth-order valence-electron chi connectivity index (χ4n) is 5.30. The highest BCUT2D eigenvalue weighted by molar-refractivity contribution is 6.13. The van der Waals surface area contributed by atoms with Gasteiger partial charge in [0.25, 0.3) is 0 Å². The van der Waals surface area contributed by atoms with Gasteiger partial charge in [-0.2, -0.15) is 13.2 Å². The highest BCUT2D eigenvalue weighted by atomic mass is 19.4. The number of ether oxygens (including phenoxy) is 1. The number of hydrogen-bond donors (Lipinski definition) is 0. The van der Waals surface area contributed by atoms with Crippen LogP contribution < -0.4 is 10.7 Å². The zero-order chi connectivity index (χ0) is 27.4. The lowest BCUT2D eigenvalue weighted by molar-refractivity contribution is -0.155. The molecule has 0 radical (unpaired) electrons. The van der Waals surface area contributed by atoms with Crippen LogP contribution in [0.2, 0.25) is 0 Å². The molecule has 0 N–H and O–H groups in total. The fourth-order valence-corrected chi connectivity index (χ4v) is 5.30. The number of hydrogen-bond acceptors (Lipinski definition) is 6. The number of carbonyl (C=O) groups is 3. The number of oxazole rings is 1. The van der Waals surface area contributed by atoms with Gasteiger partial charge in [-0.25, -0.2) is 9.59 Å². The van der Waals surface area contributed by atoms with Crippen molar-refractivity contribution in [3.63, 3.8) is 0 Å². The van der Waals surface area contributed by atoms with Crippen LogP contribution >= 0.6 is 0 Å². The number of alkyl halides is 3. The van der Waals surface area contributed by atoms with Crippen molar-refractivity contribution in [3.05, 3.63) is 63.6 Å². The summed E-state index contributed by atoms with van der Waals surface area (Å²) in [4.78, 5) is 54.2. The molecule has 3 aromatic rings. The standard InChI is InChI=1S/C26H24F3N3O6/c1-3-37-23(34)17-13-31(14-10-11-20-21(12-14)38-25(36)30(20)2)24(35)32(22(17)33)19-9-5-6-15-16(19)7-4-8-18(15)26(27,28)29/h4,7-8,10-12,17,19H,3,5-6,9,13H2,1-2H3. The maximum absolute atomic E-state index is 13.8. The molecule has 0 bridgehead atoms. The summed E-state index contributed by atoms with van der Waals surface area (Å²) in [5.74, 6) is -3.66. The first-order chi connectivity index (χ1) is 18.0. The SMILES string of the molecule is CCOC(=O)C1CN(c2ccc3c(c2)oc(=O)n3C)C(=O)N(C2CCCc3c2cccc3C(F)(F)F)C1=O. The molecular formula is C26H24F3N3O6. The van der Waals surface area contributed by atoms with Crippen molar-refractivity contribution in [2.24, 2.45) is 13.0 Å². The van der Waals surface area contributed by atoms with Crippen LogP contribution in [0.5, 0.6) is 0 Å². The van der Waals surface area contributed by atoms with Crippen molar-refractivity contribution in [2.45, 2.75) is 38.4 Å². The monoisotopic (exact) mass is 531 g/mol. The van der Waals surface area contributed by atoms with E-state index in [1.807, 2.05) is 0 Å². The van der Waals surface area contributed by atoms with Gasteiger partial charge in [0, 0.05) is 18.8 Å². The van der Waals surface area contributed by atoms with Gasteiger partial charge in [-0.15, -0.1) is 0 Å². The maximum Gasteiger partial charge on any atom is 0.419 e. The number of carbonyl (C=O) groups excluding carboxylic acids is 3. The summed E-state index contributed by atoms with van der Waals surface area (Å²) in [6, 6.07) is 6.49. The number of esters is 1. The van der Waals surface area contributed by atoms with E-state index < -0.39 is 47.4 Å². The van der Waals surface area contributed by atoms with E-state index in [-0.39, 0.29) is 48.4 Å². The van der Waals surface area contributed by atoms with Gasteiger partial charge >= 0.3 is 23.9 Å². The van der Waals surface area contributed by atoms with Crippen LogP contribution in [0.4, 0.5) is 23.7 Å². The van der Waals surface area contributed by atoms with E-state index >= 15 is 0 Å². The summed E-state index contributed by atoms with van der Waals surface area (Å²) >= 11 is 0. The van der Waals surface area contributed by atoms with Gasteiger partial charge in [0.2, 0.25) is 5.91 Å². The summed E-state index contributed by atoms with van der Waals surface area (Å²) in [5, 5.41) is 0. The highest BCUT2D eigenvalue weighted by Crippen LogP contribution is 2.43. The Morgan fingerprint density at radius 1 is 1.16 bits per heavy atom. The summed E-state index contributed by atoms with van der Waals surface area (Å²) in [7, 11) is 1.52. The molecule has 0 spiro atoms. The second-order valence-electron chi connectivity index (χ2n) is 9.26. The number of benzene rings is 2. The zero-order valence-electron chi connectivity index (χ0n) is 20.6. The summed E-state index contributed by atoms with van der Waals surface area (Å²) in [6.07, 6.45) is -3.90. The fraction of sp³-hybridized carbons (Fsp3) is 0.385. The quantitative estimate of drug-likeness (QED) is 0.370. The van der Waals surface area contributed by atoms with Crippen molar-refractivity contribution in [3.8, 4) is 0 Å².